The summed E-state index contributed by atoms with van der Waals surface area (Å²) in [7, 11) is 1.99. The summed E-state index contributed by atoms with van der Waals surface area (Å²) in [6, 6.07) is 0.395. The predicted octanol–water partition coefficient (Wildman–Crippen LogP) is 1.78. The zero-order chi connectivity index (χ0) is 14.1. The third-order valence-electron chi connectivity index (χ3n) is 3.99. The molecule has 0 heterocycles. The molecule has 0 atom stereocenters. The quantitative estimate of drug-likeness (QED) is 0.661. The smallest absolute Gasteiger partial charge is 0.234 e. The Kier molecular flexibility index (Phi) is 8.07. The van der Waals surface area contributed by atoms with Crippen molar-refractivity contribution in [2.45, 2.75) is 57.9 Å². The largest absolute Gasteiger partial charge is 0.396 e. The first kappa shape index (κ1) is 16.4. The fraction of sp³-hybridized carbons (Fsp3) is 0.933. The van der Waals surface area contributed by atoms with Crippen molar-refractivity contribution in [1.82, 2.24) is 10.2 Å². The van der Waals surface area contributed by atoms with Gasteiger partial charge in [0.1, 0.15) is 0 Å². The van der Waals surface area contributed by atoms with E-state index in [-0.39, 0.29) is 12.5 Å². The van der Waals surface area contributed by atoms with E-state index in [1.165, 1.54) is 12.8 Å². The molecule has 1 amide bonds. The SMILES string of the molecule is CC1CCC(NC(=O)CN(C)CCCCCO)CC1. The molecule has 2 N–H and O–H groups in total. The number of carbonyl (C=O) groups excluding carboxylic acids is 1. The van der Waals surface area contributed by atoms with E-state index in [2.05, 4.69) is 17.1 Å². The van der Waals surface area contributed by atoms with E-state index in [1.54, 1.807) is 0 Å². The minimum Gasteiger partial charge on any atom is -0.396 e. The van der Waals surface area contributed by atoms with Gasteiger partial charge >= 0.3 is 0 Å². The number of hydrogen-bond donors (Lipinski definition) is 2. The van der Waals surface area contributed by atoms with Crippen molar-refractivity contribution in [2.24, 2.45) is 5.92 Å². The van der Waals surface area contributed by atoms with Crippen LogP contribution in [-0.2, 0) is 4.79 Å². The van der Waals surface area contributed by atoms with Crippen LogP contribution in [0.2, 0.25) is 0 Å². The molecule has 4 heteroatoms. The van der Waals surface area contributed by atoms with Crippen molar-refractivity contribution in [3.05, 3.63) is 0 Å². The van der Waals surface area contributed by atoms with Gasteiger partial charge in [0.15, 0.2) is 0 Å². The Morgan fingerprint density at radius 2 is 1.89 bits per heavy atom. The van der Waals surface area contributed by atoms with Crippen molar-refractivity contribution in [3.8, 4) is 0 Å². The second-order valence-electron chi connectivity index (χ2n) is 6.05. The van der Waals surface area contributed by atoms with Gasteiger partial charge in [0.05, 0.1) is 6.54 Å². The molecule has 0 spiro atoms. The highest BCUT2D eigenvalue weighted by molar-refractivity contribution is 5.78. The van der Waals surface area contributed by atoms with Crippen molar-refractivity contribution in [2.75, 3.05) is 26.7 Å². The molecule has 1 rings (SSSR count). The Morgan fingerprint density at radius 3 is 2.53 bits per heavy atom. The first-order valence-corrected chi connectivity index (χ1v) is 7.70. The summed E-state index contributed by atoms with van der Waals surface area (Å²) >= 11 is 0. The second kappa shape index (κ2) is 9.32. The van der Waals surface area contributed by atoms with Crippen molar-refractivity contribution in [3.63, 3.8) is 0 Å². The van der Waals surface area contributed by atoms with E-state index in [9.17, 15) is 4.79 Å². The number of amides is 1. The molecule has 1 saturated carbocycles. The van der Waals surface area contributed by atoms with Crippen molar-refractivity contribution < 1.29 is 9.90 Å². The number of unbranched alkanes of at least 4 members (excludes halogenated alkanes) is 2. The van der Waals surface area contributed by atoms with Gasteiger partial charge < -0.3 is 10.4 Å². The van der Waals surface area contributed by atoms with Crippen LogP contribution in [0.15, 0.2) is 0 Å². The van der Waals surface area contributed by atoms with Gasteiger partial charge in [0, 0.05) is 12.6 Å². The lowest BCUT2D eigenvalue weighted by molar-refractivity contribution is -0.122. The zero-order valence-corrected chi connectivity index (χ0v) is 12.5. The molecule has 1 fully saturated rings. The van der Waals surface area contributed by atoms with Crippen LogP contribution in [0, 0.1) is 5.92 Å². The van der Waals surface area contributed by atoms with E-state index in [0.29, 0.717) is 12.6 Å². The summed E-state index contributed by atoms with van der Waals surface area (Å²) in [4.78, 5) is 14.0. The third-order valence-corrected chi connectivity index (χ3v) is 3.99. The fourth-order valence-electron chi connectivity index (χ4n) is 2.67. The first-order chi connectivity index (χ1) is 9.11. The minimum absolute atomic E-state index is 0.157. The number of nitrogens with one attached hydrogen (secondary N) is 1. The summed E-state index contributed by atoms with van der Waals surface area (Å²) in [6.07, 6.45) is 7.68. The standard InChI is InChI=1S/C15H30N2O2/c1-13-6-8-14(9-7-13)16-15(19)12-17(2)10-4-3-5-11-18/h13-14,18H,3-12H2,1-2H3,(H,16,19). The lowest BCUT2D eigenvalue weighted by Gasteiger charge is -2.27. The normalized spacial score (nSPS) is 23.6. The molecular weight excluding hydrogens is 240 g/mol. The zero-order valence-electron chi connectivity index (χ0n) is 12.5. The monoisotopic (exact) mass is 270 g/mol. The molecule has 0 radical (unpaired) electrons. The van der Waals surface area contributed by atoms with Gasteiger partial charge in [0.2, 0.25) is 5.91 Å². The number of rotatable bonds is 8. The molecule has 0 aromatic rings. The summed E-state index contributed by atoms with van der Waals surface area (Å²) in [5.41, 5.74) is 0. The van der Waals surface area contributed by atoms with E-state index < -0.39 is 0 Å². The molecule has 1 aliphatic carbocycles. The van der Waals surface area contributed by atoms with Gasteiger partial charge in [-0.15, -0.1) is 0 Å². The highest BCUT2D eigenvalue weighted by Gasteiger charge is 2.19. The molecule has 0 saturated heterocycles. The van der Waals surface area contributed by atoms with Gasteiger partial charge in [0.25, 0.3) is 0 Å². The van der Waals surface area contributed by atoms with Gasteiger partial charge in [-0.1, -0.05) is 6.92 Å². The Bertz CT molecular complexity index is 251. The molecule has 1 aliphatic rings. The van der Waals surface area contributed by atoms with Gasteiger partial charge in [-0.2, -0.15) is 0 Å². The van der Waals surface area contributed by atoms with E-state index in [4.69, 9.17) is 5.11 Å². The lowest BCUT2D eigenvalue weighted by Crippen LogP contribution is -2.42. The summed E-state index contributed by atoms with van der Waals surface area (Å²) in [5.74, 6) is 0.978. The Morgan fingerprint density at radius 1 is 1.21 bits per heavy atom. The van der Waals surface area contributed by atoms with E-state index in [1.807, 2.05) is 7.05 Å². The summed E-state index contributed by atoms with van der Waals surface area (Å²) in [6.45, 7) is 3.98. The average molecular weight is 270 g/mol. The summed E-state index contributed by atoms with van der Waals surface area (Å²) < 4.78 is 0. The van der Waals surface area contributed by atoms with Gasteiger partial charge in [-0.25, -0.2) is 0 Å². The van der Waals surface area contributed by atoms with Crippen LogP contribution in [0.5, 0.6) is 0 Å². The average Bonchev–Trinajstić information content (AvgIpc) is 2.37. The fourth-order valence-corrected chi connectivity index (χ4v) is 2.67. The van der Waals surface area contributed by atoms with Crippen LogP contribution < -0.4 is 5.32 Å². The highest BCUT2D eigenvalue weighted by atomic mass is 16.2. The van der Waals surface area contributed by atoms with Gasteiger partial charge in [-0.3, -0.25) is 9.69 Å². The molecule has 0 unspecified atom stereocenters. The topological polar surface area (TPSA) is 52.6 Å². The van der Waals surface area contributed by atoms with Crippen molar-refractivity contribution in [1.29, 1.82) is 0 Å². The van der Waals surface area contributed by atoms with E-state index in [0.717, 1.165) is 44.6 Å². The summed E-state index contributed by atoms with van der Waals surface area (Å²) in [5, 5.41) is 11.9. The molecule has 4 nitrogen and oxygen atoms in total. The van der Waals surface area contributed by atoms with Gasteiger partial charge in [-0.05, 0) is 64.5 Å². The molecule has 0 aliphatic heterocycles. The lowest BCUT2D eigenvalue weighted by atomic mass is 9.87. The molecule has 0 aromatic heterocycles. The molecular formula is C15H30N2O2. The molecule has 0 aromatic carbocycles. The minimum atomic E-state index is 0.157. The number of hydrogen-bond acceptors (Lipinski definition) is 3. The maximum atomic E-state index is 11.9. The number of nitrogens with zero attached hydrogens (tertiary/aromatic N) is 1. The Balaban J connectivity index is 2.09. The van der Waals surface area contributed by atoms with Crippen LogP contribution in [0.25, 0.3) is 0 Å². The second-order valence-corrected chi connectivity index (χ2v) is 6.05. The van der Waals surface area contributed by atoms with Crippen LogP contribution in [0.4, 0.5) is 0 Å². The highest BCUT2D eigenvalue weighted by Crippen LogP contribution is 2.23. The molecule has 0 bridgehead atoms. The first-order valence-electron chi connectivity index (χ1n) is 7.70. The third kappa shape index (κ3) is 7.53. The van der Waals surface area contributed by atoms with Crippen LogP contribution in [0.1, 0.15) is 51.9 Å². The number of aliphatic hydroxyl groups is 1. The maximum Gasteiger partial charge on any atom is 0.234 e. The number of aliphatic hydroxyl groups excluding tert-OH is 1. The molecule has 112 valence electrons. The molecule has 19 heavy (non-hydrogen) atoms. The predicted molar refractivity (Wildman–Crippen MR) is 78.0 cm³/mol. The Hall–Kier alpha value is -0.610. The number of carbonyl (C=O) groups is 1. The van der Waals surface area contributed by atoms with Crippen LogP contribution in [0.3, 0.4) is 0 Å². The Labute approximate surface area is 117 Å². The number of likely N-dealkylation sites (N-methyl/N-ethyl adjacent to an activating group) is 1. The van der Waals surface area contributed by atoms with Crippen LogP contribution in [-0.4, -0.2) is 48.7 Å². The van der Waals surface area contributed by atoms with Crippen LogP contribution >= 0.6 is 0 Å². The van der Waals surface area contributed by atoms with E-state index >= 15 is 0 Å². The van der Waals surface area contributed by atoms with Crippen molar-refractivity contribution >= 4 is 5.91 Å². The maximum absolute atomic E-state index is 11.9.